The molecule has 2 rings (SSSR count). The molecule has 0 fully saturated rings. The smallest absolute Gasteiger partial charge is 0.315 e. The molecular weight excluding hydrogens is 300 g/mol. The molecule has 0 spiro atoms. The molecule has 5 heteroatoms. The summed E-state index contributed by atoms with van der Waals surface area (Å²) in [5, 5.41) is 16.0. The van der Waals surface area contributed by atoms with E-state index in [-0.39, 0.29) is 18.6 Å². The Hall–Kier alpha value is -2.04. The van der Waals surface area contributed by atoms with Gasteiger partial charge in [0.25, 0.3) is 0 Å². The van der Waals surface area contributed by atoms with Crippen molar-refractivity contribution in [1.82, 2.24) is 10.6 Å². The third kappa shape index (κ3) is 4.48. The van der Waals surface area contributed by atoms with Crippen LogP contribution in [0.4, 0.5) is 4.79 Å². The molecule has 4 nitrogen and oxygen atoms in total. The van der Waals surface area contributed by atoms with E-state index in [4.69, 9.17) is 11.6 Å². The molecule has 0 aliphatic rings. The topological polar surface area (TPSA) is 61.4 Å². The number of nitrogens with one attached hydrogen (secondary N) is 2. The van der Waals surface area contributed by atoms with Crippen molar-refractivity contribution in [3.05, 3.63) is 70.7 Å². The van der Waals surface area contributed by atoms with Gasteiger partial charge in [0.2, 0.25) is 0 Å². The minimum Gasteiger partial charge on any atom is -0.387 e. The number of carbonyl (C=O) groups excluding carboxylic acids is 1. The fourth-order valence-corrected chi connectivity index (χ4v) is 2.38. The molecule has 2 atom stereocenters. The maximum atomic E-state index is 11.9. The van der Waals surface area contributed by atoms with E-state index in [1.54, 1.807) is 24.3 Å². The summed E-state index contributed by atoms with van der Waals surface area (Å²) < 4.78 is 0. The molecule has 0 saturated carbocycles. The molecule has 3 N–H and O–H groups in total. The molecule has 0 heterocycles. The fourth-order valence-electron chi connectivity index (χ4n) is 2.12. The molecule has 116 valence electrons. The van der Waals surface area contributed by atoms with E-state index >= 15 is 0 Å². The predicted octanol–water partition coefficient (Wildman–Crippen LogP) is 3.43. The maximum absolute atomic E-state index is 11.9. The maximum Gasteiger partial charge on any atom is 0.315 e. The number of hydrogen-bond acceptors (Lipinski definition) is 2. The zero-order valence-corrected chi connectivity index (χ0v) is 13.0. The van der Waals surface area contributed by atoms with Crippen molar-refractivity contribution in [1.29, 1.82) is 0 Å². The van der Waals surface area contributed by atoms with Gasteiger partial charge in [-0.25, -0.2) is 4.79 Å². The van der Waals surface area contributed by atoms with Crippen molar-refractivity contribution in [2.45, 2.75) is 19.1 Å². The number of carbonyl (C=O) groups is 1. The summed E-state index contributed by atoms with van der Waals surface area (Å²) in [6, 6.07) is 16.3. The third-order valence-electron chi connectivity index (χ3n) is 3.37. The monoisotopic (exact) mass is 318 g/mol. The Balaban J connectivity index is 1.84. The van der Waals surface area contributed by atoms with Crippen molar-refractivity contribution in [2.24, 2.45) is 0 Å². The van der Waals surface area contributed by atoms with Crippen molar-refractivity contribution in [2.75, 3.05) is 6.54 Å². The van der Waals surface area contributed by atoms with Crippen LogP contribution in [0.3, 0.4) is 0 Å². The van der Waals surface area contributed by atoms with Gasteiger partial charge in [-0.1, -0.05) is 60.1 Å². The molecule has 2 aromatic rings. The Bertz CT molecular complexity index is 619. The largest absolute Gasteiger partial charge is 0.387 e. The van der Waals surface area contributed by atoms with Gasteiger partial charge in [-0.15, -0.1) is 0 Å². The summed E-state index contributed by atoms with van der Waals surface area (Å²) in [4.78, 5) is 11.9. The third-order valence-corrected chi connectivity index (χ3v) is 3.71. The van der Waals surface area contributed by atoms with Crippen LogP contribution in [-0.4, -0.2) is 17.7 Å². The van der Waals surface area contributed by atoms with Crippen LogP contribution in [0.2, 0.25) is 5.02 Å². The number of amides is 2. The predicted molar refractivity (Wildman–Crippen MR) is 87.8 cm³/mol. The van der Waals surface area contributed by atoms with Gasteiger partial charge < -0.3 is 15.7 Å². The average Bonchev–Trinajstić information content (AvgIpc) is 2.54. The molecular formula is C17H19ClN2O2. The Morgan fingerprint density at radius 2 is 1.77 bits per heavy atom. The first-order chi connectivity index (χ1) is 10.6. The number of aliphatic hydroxyl groups excluding tert-OH is 1. The summed E-state index contributed by atoms with van der Waals surface area (Å²) in [7, 11) is 0. The highest BCUT2D eigenvalue weighted by atomic mass is 35.5. The number of rotatable bonds is 5. The highest BCUT2D eigenvalue weighted by Crippen LogP contribution is 2.21. The molecule has 2 amide bonds. The van der Waals surface area contributed by atoms with Crippen LogP contribution >= 0.6 is 11.6 Å². The van der Waals surface area contributed by atoms with E-state index in [0.29, 0.717) is 10.6 Å². The van der Waals surface area contributed by atoms with E-state index in [1.165, 1.54) is 0 Å². The minimum absolute atomic E-state index is 0.0943. The van der Waals surface area contributed by atoms with Crippen LogP contribution in [-0.2, 0) is 0 Å². The van der Waals surface area contributed by atoms with Crippen molar-refractivity contribution in [3.8, 4) is 0 Å². The van der Waals surface area contributed by atoms with Gasteiger partial charge in [-0.3, -0.25) is 0 Å². The second-order valence-corrected chi connectivity index (χ2v) is 5.43. The van der Waals surface area contributed by atoms with Gasteiger partial charge in [0.1, 0.15) is 0 Å². The zero-order chi connectivity index (χ0) is 15.9. The molecule has 0 aromatic heterocycles. The standard InChI is InChI=1S/C17H19ClN2O2/c1-12(13-7-3-2-4-8-13)20-17(22)19-11-16(21)14-9-5-6-10-15(14)18/h2-10,12,16,21H,11H2,1H3,(H2,19,20,22). The van der Waals surface area contributed by atoms with Crippen LogP contribution in [0.1, 0.15) is 30.2 Å². The number of urea groups is 1. The molecule has 0 saturated heterocycles. The quantitative estimate of drug-likeness (QED) is 0.791. The van der Waals surface area contributed by atoms with Crippen LogP contribution in [0.5, 0.6) is 0 Å². The number of aliphatic hydroxyl groups is 1. The first-order valence-corrected chi connectivity index (χ1v) is 7.47. The van der Waals surface area contributed by atoms with Gasteiger partial charge in [-0.2, -0.15) is 0 Å². The Morgan fingerprint density at radius 1 is 1.14 bits per heavy atom. The van der Waals surface area contributed by atoms with E-state index < -0.39 is 6.10 Å². The second-order valence-electron chi connectivity index (χ2n) is 5.02. The van der Waals surface area contributed by atoms with Gasteiger partial charge in [-0.05, 0) is 18.6 Å². The van der Waals surface area contributed by atoms with E-state index in [9.17, 15) is 9.90 Å². The first-order valence-electron chi connectivity index (χ1n) is 7.09. The molecule has 22 heavy (non-hydrogen) atoms. The van der Waals surface area contributed by atoms with Crippen LogP contribution < -0.4 is 10.6 Å². The van der Waals surface area contributed by atoms with Crippen LogP contribution in [0.15, 0.2) is 54.6 Å². The van der Waals surface area contributed by atoms with Crippen molar-refractivity contribution >= 4 is 17.6 Å². The van der Waals surface area contributed by atoms with Gasteiger partial charge >= 0.3 is 6.03 Å². The summed E-state index contributed by atoms with van der Waals surface area (Å²) in [5.41, 5.74) is 1.62. The molecule has 0 radical (unpaired) electrons. The van der Waals surface area contributed by atoms with Gasteiger partial charge in [0, 0.05) is 17.1 Å². The summed E-state index contributed by atoms with van der Waals surface area (Å²) in [6.45, 7) is 2.00. The van der Waals surface area contributed by atoms with Crippen LogP contribution in [0.25, 0.3) is 0 Å². The molecule has 2 aromatic carbocycles. The van der Waals surface area contributed by atoms with E-state index in [0.717, 1.165) is 5.56 Å². The van der Waals surface area contributed by atoms with Crippen molar-refractivity contribution in [3.63, 3.8) is 0 Å². The summed E-state index contributed by atoms with van der Waals surface area (Å²) in [6.07, 6.45) is -0.841. The SMILES string of the molecule is CC(NC(=O)NCC(O)c1ccccc1Cl)c1ccccc1. The Kier molecular flexibility index (Phi) is 5.81. The molecule has 2 unspecified atom stereocenters. The first kappa shape index (κ1) is 16.3. The lowest BCUT2D eigenvalue weighted by Gasteiger charge is -2.17. The van der Waals surface area contributed by atoms with Crippen LogP contribution in [0, 0.1) is 0 Å². The lowest BCUT2D eigenvalue weighted by Crippen LogP contribution is -2.39. The summed E-state index contributed by atoms with van der Waals surface area (Å²) in [5.74, 6) is 0. The van der Waals surface area contributed by atoms with Gasteiger partial charge in [0.05, 0.1) is 12.1 Å². The summed E-state index contributed by atoms with van der Waals surface area (Å²) >= 11 is 6.01. The van der Waals surface area contributed by atoms with Gasteiger partial charge in [0.15, 0.2) is 0 Å². The number of halogens is 1. The average molecular weight is 319 g/mol. The van der Waals surface area contributed by atoms with Crippen molar-refractivity contribution < 1.29 is 9.90 Å². The van der Waals surface area contributed by atoms with E-state index in [2.05, 4.69) is 10.6 Å². The lowest BCUT2D eigenvalue weighted by atomic mass is 10.1. The highest BCUT2D eigenvalue weighted by molar-refractivity contribution is 6.31. The lowest BCUT2D eigenvalue weighted by molar-refractivity contribution is 0.172. The minimum atomic E-state index is -0.841. The molecule has 0 bridgehead atoms. The molecule has 0 aliphatic heterocycles. The normalized spacial score (nSPS) is 13.2. The highest BCUT2D eigenvalue weighted by Gasteiger charge is 2.13. The fraction of sp³-hybridized carbons (Fsp3) is 0.235. The number of benzene rings is 2. The van der Waals surface area contributed by atoms with E-state index in [1.807, 2.05) is 37.3 Å². The second kappa shape index (κ2) is 7.82. The Labute approximate surface area is 135 Å². The Morgan fingerprint density at radius 3 is 2.45 bits per heavy atom. The molecule has 0 aliphatic carbocycles. The number of hydrogen-bond donors (Lipinski definition) is 3. The zero-order valence-electron chi connectivity index (χ0n) is 12.3.